The van der Waals surface area contributed by atoms with Gasteiger partial charge in [-0.2, -0.15) is 0 Å². The quantitative estimate of drug-likeness (QED) is 0.594. The van der Waals surface area contributed by atoms with E-state index >= 15 is 0 Å². The molecule has 0 fully saturated rings. The van der Waals surface area contributed by atoms with E-state index in [0.717, 1.165) is 10.0 Å². The fraction of sp³-hybridized carbons (Fsp3) is 0.105. The average molecular weight is 401 g/mol. The van der Waals surface area contributed by atoms with E-state index in [4.69, 9.17) is 14.9 Å². The minimum Gasteiger partial charge on any atom is -0.494 e. The summed E-state index contributed by atoms with van der Waals surface area (Å²) in [7, 11) is 0. The first-order valence-electron chi connectivity index (χ1n) is 7.76. The number of carbonyl (C=O) groups excluding carboxylic acids is 1. The number of amides is 1. The fourth-order valence-corrected chi connectivity index (χ4v) is 2.75. The van der Waals surface area contributed by atoms with Crippen LogP contribution in [0.3, 0.4) is 0 Å². The number of nitrogens with one attached hydrogen (secondary N) is 1. The van der Waals surface area contributed by atoms with Crippen LogP contribution in [0.5, 0.6) is 5.75 Å². The number of benzene rings is 2. The summed E-state index contributed by atoms with van der Waals surface area (Å²) in [5, 5.41) is 2.75. The molecular weight excluding hydrogens is 384 g/mol. The van der Waals surface area contributed by atoms with Crippen molar-refractivity contribution in [2.45, 2.75) is 6.92 Å². The Kier molecular flexibility index (Phi) is 5.09. The molecule has 25 heavy (non-hydrogen) atoms. The zero-order valence-electron chi connectivity index (χ0n) is 13.6. The van der Waals surface area contributed by atoms with Crippen molar-refractivity contribution in [1.29, 1.82) is 0 Å². The molecule has 128 valence electrons. The van der Waals surface area contributed by atoms with Gasteiger partial charge in [-0.15, -0.1) is 0 Å². The number of rotatable bonds is 5. The van der Waals surface area contributed by atoms with Gasteiger partial charge >= 0.3 is 0 Å². The normalized spacial score (nSPS) is 10.5. The Balaban J connectivity index is 1.76. The molecule has 0 atom stereocenters. The van der Waals surface area contributed by atoms with Crippen LogP contribution in [0.4, 0.5) is 11.4 Å². The molecule has 0 aliphatic carbocycles. The number of halogens is 1. The lowest BCUT2D eigenvalue weighted by Gasteiger charge is -2.09. The van der Waals surface area contributed by atoms with E-state index in [0.29, 0.717) is 29.5 Å². The standard InChI is InChI=1S/C19H17BrN2O3/c1-2-24-14-6-7-16(15(21)11-14)22-19(23)18-9-8-17(25-18)12-4-3-5-13(20)10-12/h3-11H,2,21H2,1H3,(H,22,23). The van der Waals surface area contributed by atoms with Gasteiger partial charge in [0.1, 0.15) is 11.5 Å². The molecule has 6 heteroatoms. The van der Waals surface area contributed by atoms with Gasteiger partial charge < -0.3 is 20.2 Å². The third-order valence-electron chi connectivity index (χ3n) is 3.52. The highest BCUT2D eigenvalue weighted by Gasteiger charge is 2.14. The lowest BCUT2D eigenvalue weighted by Crippen LogP contribution is -2.12. The molecule has 5 nitrogen and oxygen atoms in total. The zero-order chi connectivity index (χ0) is 17.8. The second-order valence-electron chi connectivity index (χ2n) is 5.31. The van der Waals surface area contributed by atoms with Gasteiger partial charge in [-0.25, -0.2) is 0 Å². The zero-order valence-corrected chi connectivity index (χ0v) is 15.2. The summed E-state index contributed by atoms with van der Waals surface area (Å²) < 4.78 is 12.0. The molecule has 1 heterocycles. The van der Waals surface area contributed by atoms with Gasteiger partial charge in [-0.1, -0.05) is 28.1 Å². The van der Waals surface area contributed by atoms with Gasteiger partial charge in [0.25, 0.3) is 5.91 Å². The summed E-state index contributed by atoms with van der Waals surface area (Å²) in [6.07, 6.45) is 0. The molecule has 0 saturated heterocycles. The Labute approximate surface area is 153 Å². The number of hydrogen-bond donors (Lipinski definition) is 2. The monoisotopic (exact) mass is 400 g/mol. The topological polar surface area (TPSA) is 77.5 Å². The molecule has 0 saturated carbocycles. The van der Waals surface area contributed by atoms with Gasteiger partial charge in [0, 0.05) is 16.1 Å². The van der Waals surface area contributed by atoms with E-state index in [2.05, 4.69) is 21.2 Å². The van der Waals surface area contributed by atoms with Gasteiger partial charge in [-0.3, -0.25) is 4.79 Å². The SMILES string of the molecule is CCOc1ccc(NC(=O)c2ccc(-c3cccc(Br)c3)o2)c(N)c1. The molecular formula is C19H17BrN2O3. The Morgan fingerprint density at radius 3 is 2.76 bits per heavy atom. The predicted molar refractivity (Wildman–Crippen MR) is 102 cm³/mol. The van der Waals surface area contributed by atoms with Gasteiger partial charge in [0.05, 0.1) is 18.0 Å². The van der Waals surface area contributed by atoms with Crippen LogP contribution in [-0.2, 0) is 0 Å². The summed E-state index contributed by atoms with van der Waals surface area (Å²) in [5.41, 5.74) is 7.78. The van der Waals surface area contributed by atoms with E-state index in [1.165, 1.54) is 0 Å². The molecule has 3 N–H and O–H groups in total. The molecule has 0 spiro atoms. The number of ether oxygens (including phenoxy) is 1. The van der Waals surface area contributed by atoms with E-state index in [1.807, 2.05) is 31.2 Å². The summed E-state index contributed by atoms with van der Waals surface area (Å²) >= 11 is 3.42. The first kappa shape index (κ1) is 17.1. The number of furan rings is 1. The largest absolute Gasteiger partial charge is 0.494 e. The smallest absolute Gasteiger partial charge is 0.291 e. The molecule has 3 rings (SSSR count). The number of nitrogens with two attached hydrogens (primary N) is 1. The maximum Gasteiger partial charge on any atom is 0.291 e. The van der Waals surface area contributed by atoms with E-state index in [1.54, 1.807) is 30.3 Å². The Hall–Kier alpha value is -2.73. The van der Waals surface area contributed by atoms with E-state index < -0.39 is 0 Å². The Bertz CT molecular complexity index is 905. The van der Waals surface area contributed by atoms with Crippen LogP contribution in [-0.4, -0.2) is 12.5 Å². The van der Waals surface area contributed by atoms with Crippen LogP contribution < -0.4 is 15.8 Å². The summed E-state index contributed by atoms with van der Waals surface area (Å²) in [6, 6.07) is 16.2. The minimum atomic E-state index is -0.364. The van der Waals surface area contributed by atoms with E-state index in [-0.39, 0.29) is 11.7 Å². The number of hydrogen-bond acceptors (Lipinski definition) is 4. The molecule has 1 amide bonds. The summed E-state index contributed by atoms with van der Waals surface area (Å²) in [5.74, 6) is 1.12. The first-order valence-corrected chi connectivity index (χ1v) is 8.55. The molecule has 0 bridgehead atoms. The van der Waals surface area contributed by atoms with Crippen LogP contribution in [0.1, 0.15) is 17.5 Å². The second kappa shape index (κ2) is 7.44. The molecule has 0 radical (unpaired) electrons. The molecule has 0 unspecified atom stereocenters. The predicted octanol–water partition coefficient (Wildman–Crippen LogP) is 4.94. The van der Waals surface area contributed by atoms with Crippen molar-refractivity contribution < 1.29 is 13.9 Å². The maximum absolute atomic E-state index is 12.4. The van der Waals surface area contributed by atoms with Crippen molar-refractivity contribution in [2.24, 2.45) is 0 Å². The van der Waals surface area contributed by atoms with Crippen molar-refractivity contribution >= 4 is 33.2 Å². The number of anilines is 2. The van der Waals surface area contributed by atoms with Crippen LogP contribution in [0.2, 0.25) is 0 Å². The Morgan fingerprint density at radius 2 is 2.04 bits per heavy atom. The highest BCUT2D eigenvalue weighted by molar-refractivity contribution is 9.10. The molecule has 1 aromatic heterocycles. The number of nitrogen functional groups attached to an aromatic ring is 1. The lowest BCUT2D eigenvalue weighted by molar-refractivity contribution is 0.0997. The van der Waals surface area contributed by atoms with Gasteiger partial charge in [-0.05, 0) is 43.3 Å². The average Bonchev–Trinajstić information content (AvgIpc) is 3.08. The summed E-state index contributed by atoms with van der Waals surface area (Å²) in [6.45, 7) is 2.45. The third kappa shape index (κ3) is 4.03. The number of carbonyl (C=O) groups is 1. The maximum atomic E-state index is 12.4. The minimum absolute atomic E-state index is 0.211. The van der Waals surface area contributed by atoms with Crippen molar-refractivity contribution in [3.05, 3.63) is 64.8 Å². The lowest BCUT2D eigenvalue weighted by atomic mass is 10.2. The van der Waals surface area contributed by atoms with Crippen molar-refractivity contribution in [1.82, 2.24) is 0 Å². The highest BCUT2D eigenvalue weighted by Crippen LogP contribution is 2.27. The van der Waals surface area contributed by atoms with Crippen LogP contribution in [0.25, 0.3) is 11.3 Å². The van der Waals surface area contributed by atoms with Crippen molar-refractivity contribution in [2.75, 3.05) is 17.7 Å². The molecule has 2 aromatic carbocycles. The first-order chi connectivity index (χ1) is 12.1. The van der Waals surface area contributed by atoms with Crippen LogP contribution in [0.15, 0.2) is 63.5 Å². The molecule has 3 aromatic rings. The second-order valence-corrected chi connectivity index (χ2v) is 6.23. The third-order valence-corrected chi connectivity index (χ3v) is 4.01. The van der Waals surface area contributed by atoms with Crippen LogP contribution >= 0.6 is 15.9 Å². The van der Waals surface area contributed by atoms with E-state index in [9.17, 15) is 4.79 Å². The Morgan fingerprint density at radius 1 is 1.20 bits per heavy atom. The van der Waals surface area contributed by atoms with Crippen molar-refractivity contribution in [3.8, 4) is 17.1 Å². The van der Waals surface area contributed by atoms with Crippen LogP contribution in [0, 0.1) is 0 Å². The van der Waals surface area contributed by atoms with Crippen molar-refractivity contribution in [3.63, 3.8) is 0 Å². The molecule has 0 aliphatic heterocycles. The fourth-order valence-electron chi connectivity index (χ4n) is 2.35. The highest BCUT2D eigenvalue weighted by atomic mass is 79.9. The van der Waals surface area contributed by atoms with Gasteiger partial charge in [0.15, 0.2) is 5.76 Å². The summed E-state index contributed by atoms with van der Waals surface area (Å²) in [4.78, 5) is 12.4. The van der Waals surface area contributed by atoms with Gasteiger partial charge in [0.2, 0.25) is 0 Å². The molecule has 0 aliphatic rings.